The number of nitrogens with zero attached hydrogens (tertiary/aromatic N) is 1. The number of likely N-dealkylation sites (tertiary alicyclic amines) is 1. The monoisotopic (exact) mass is 361 g/mol. The van der Waals surface area contributed by atoms with Gasteiger partial charge in [-0.15, -0.1) is 0 Å². The third-order valence-electron chi connectivity index (χ3n) is 6.10. The number of rotatable bonds is 8. The van der Waals surface area contributed by atoms with E-state index < -0.39 is 0 Å². The molecule has 0 bridgehead atoms. The van der Waals surface area contributed by atoms with E-state index in [1.54, 1.807) is 5.57 Å². The van der Waals surface area contributed by atoms with Gasteiger partial charge in [0.1, 0.15) is 0 Å². The molecule has 1 unspecified atom stereocenters. The second-order valence-corrected chi connectivity index (χ2v) is 8.33. The first kappa shape index (κ1) is 19.9. The van der Waals surface area contributed by atoms with Crippen molar-refractivity contribution in [3.05, 3.63) is 82.4 Å². The number of hydrogen-bond acceptors (Lipinski definition) is 1. The molecule has 0 radical (unpaired) electrons. The standard InChI is InChI=1S/C26H35N/c1-21-14-15-22(2)25(19-21)20-24(17-16-23-9-5-4-6-10-23)11-7-12-26-13-8-18-27(26)3/h4-6,9-10,14-15,17,19,26H,7-8,11-13,16,18,20H2,1-3H3/b24-17-. The lowest BCUT2D eigenvalue weighted by molar-refractivity contribution is 0.292. The minimum atomic E-state index is 0.807. The smallest absolute Gasteiger partial charge is 0.00927 e. The van der Waals surface area contributed by atoms with Crippen molar-refractivity contribution in [2.75, 3.05) is 13.6 Å². The average molecular weight is 362 g/mol. The van der Waals surface area contributed by atoms with Crippen LogP contribution in [0, 0.1) is 13.8 Å². The predicted octanol–water partition coefficient (Wildman–Crippen LogP) is 6.28. The molecule has 1 saturated heterocycles. The van der Waals surface area contributed by atoms with Gasteiger partial charge in [0.2, 0.25) is 0 Å². The highest BCUT2D eigenvalue weighted by Crippen LogP contribution is 2.24. The molecule has 0 spiro atoms. The Morgan fingerprint density at radius 2 is 1.93 bits per heavy atom. The van der Waals surface area contributed by atoms with Crippen LogP contribution < -0.4 is 0 Å². The topological polar surface area (TPSA) is 3.24 Å². The maximum atomic E-state index is 2.55. The van der Waals surface area contributed by atoms with E-state index in [1.807, 2.05) is 0 Å². The zero-order valence-corrected chi connectivity index (χ0v) is 17.4. The van der Waals surface area contributed by atoms with Crippen LogP contribution in [-0.4, -0.2) is 24.5 Å². The van der Waals surface area contributed by atoms with Crippen LogP contribution >= 0.6 is 0 Å². The Bertz CT molecular complexity index is 744. The SMILES string of the molecule is Cc1ccc(C)c(C/C(=C\Cc2ccccc2)CCCC2CCCN2C)c1. The van der Waals surface area contributed by atoms with E-state index in [0.29, 0.717) is 0 Å². The van der Waals surface area contributed by atoms with Gasteiger partial charge in [-0.2, -0.15) is 0 Å². The zero-order chi connectivity index (χ0) is 19.1. The van der Waals surface area contributed by atoms with Crippen LogP contribution in [0.4, 0.5) is 0 Å². The minimum Gasteiger partial charge on any atom is -0.303 e. The van der Waals surface area contributed by atoms with Crippen molar-refractivity contribution in [3.63, 3.8) is 0 Å². The summed E-state index contributed by atoms with van der Waals surface area (Å²) in [6.45, 7) is 5.73. The molecule has 1 heterocycles. The van der Waals surface area contributed by atoms with Gasteiger partial charge in [0, 0.05) is 6.04 Å². The van der Waals surface area contributed by atoms with Crippen molar-refractivity contribution in [1.29, 1.82) is 0 Å². The van der Waals surface area contributed by atoms with Gasteiger partial charge in [0.25, 0.3) is 0 Å². The van der Waals surface area contributed by atoms with E-state index in [0.717, 1.165) is 18.9 Å². The molecule has 1 aliphatic rings. The molecular formula is C26H35N. The maximum absolute atomic E-state index is 2.55. The summed E-state index contributed by atoms with van der Waals surface area (Å²) in [7, 11) is 2.29. The second-order valence-electron chi connectivity index (χ2n) is 8.33. The van der Waals surface area contributed by atoms with Gasteiger partial charge in [0.05, 0.1) is 0 Å². The number of allylic oxidation sites excluding steroid dienone is 2. The second kappa shape index (κ2) is 9.90. The zero-order valence-electron chi connectivity index (χ0n) is 17.4. The molecule has 2 aromatic rings. The predicted molar refractivity (Wildman–Crippen MR) is 117 cm³/mol. The van der Waals surface area contributed by atoms with Crippen molar-refractivity contribution >= 4 is 0 Å². The van der Waals surface area contributed by atoms with Crippen LogP contribution in [0.1, 0.15) is 54.4 Å². The quantitative estimate of drug-likeness (QED) is 0.500. The largest absolute Gasteiger partial charge is 0.303 e. The highest BCUT2D eigenvalue weighted by molar-refractivity contribution is 5.34. The summed E-state index contributed by atoms with van der Waals surface area (Å²) in [6, 6.07) is 18.5. The Kier molecular flexibility index (Phi) is 7.29. The summed E-state index contributed by atoms with van der Waals surface area (Å²) in [5.41, 5.74) is 7.29. The summed E-state index contributed by atoms with van der Waals surface area (Å²) in [4.78, 5) is 2.55. The molecule has 0 N–H and O–H groups in total. The summed E-state index contributed by atoms with van der Waals surface area (Å²) in [5, 5.41) is 0. The van der Waals surface area contributed by atoms with Gasteiger partial charge in [-0.3, -0.25) is 0 Å². The molecule has 0 saturated carbocycles. The summed E-state index contributed by atoms with van der Waals surface area (Å²) < 4.78 is 0. The van der Waals surface area contributed by atoms with Crippen molar-refractivity contribution in [2.45, 2.75) is 64.8 Å². The molecule has 3 rings (SSSR count). The van der Waals surface area contributed by atoms with Gasteiger partial charge in [0.15, 0.2) is 0 Å². The summed E-state index contributed by atoms with van der Waals surface area (Å²) in [5.74, 6) is 0. The van der Waals surface area contributed by atoms with Crippen LogP contribution in [0.3, 0.4) is 0 Å². The molecule has 1 atom stereocenters. The van der Waals surface area contributed by atoms with Crippen molar-refractivity contribution < 1.29 is 0 Å². The molecule has 0 aromatic heterocycles. The third kappa shape index (κ3) is 6.07. The lowest BCUT2D eigenvalue weighted by atomic mass is 9.93. The molecule has 2 aromatic carbocycles. The van der Waals surface area contributed by atoms with Crippen LogP contribution in [0.5, 0.6) is 0 Å². The first-order chi connectivity index (χ1) is 13.1. The third-order valence-corrected chi connectivity index (χ3v) is 6.10. The Labute approximate surface area is 166 Å². The van der Waals surface area contributed by atoms with Gasteiger partial charge in [-0.1, -0.05) is 65.7 Å². The lowest BCUT2D eigenvalue weighted by Gasteiger charge is -2.19. The van der Waals surface area contributed by atoms with Crippen LogP contribution in [0.2, 0.25) is 0 Å². The Balaban J connectivity index is 1.66. The normalized spacial score (nSPS) is 18.2. The number of aryl methyl sites for hydroxylation is 2. The molecule has 0 aliphatic carbocycles. The fourth-order valence-corrected chi connectivity index (χ4v) is 4.28. The average Bonchev–Trinajstić information content (AvgIpc) is 3.08. The van der Waals surface area contributed by atoms with E-state index >= 15 is 0 Å². The van der Waals surface area contributed by atoms with E-state index in [4.69, 9.17) is 0 Å². The summed E-state index contributed by atoms with van der Waals surface area (Å²) in [6.07, 6.45) is 11.3. The molecule has 1 nitrogen and oxygen atoms in total. The van der Waals surface area contributed by atoms with Gasteiger partial charge in [-0.25, -0.2) is 0 Å². The van der Waals surface area contributed by atoms with Gasteiger partial charge >= 0.3 is 0 Å². The first-order valence-corrected chi connectivity index (χ1v) is 10.6. The molecule has 0 amide bonds. The van der Waals surface area contributed by atoms with Crippen molar-refractivity contribution in [3.8, 4) is 0 Å². The van der Waals surface area contributed by atoms with E-state index in [-0.39, 0.29) is 0 Å². The van der Waals surface area contributed by atoms with Gasteiger partial charge in [-0.05, 0) is 89.1 Å². The fraction of sp³-hybridized carbons (Fsp3) is 0.462. The highest BCUT2D eigenvalue weighted by atomic mass is 15.1. The van der Waals surface area contributed by atoms with Gasteiger partial charge < -0.3 is 4.90 Å². The molecule has 1 heteroatoms. The Hall–Kier alpha value is -1.86. The van der Waals surface area contributed by atoms with Crippen molar-refractivity contribution in [1.82, 2.24) is 4.90 Å². The lowest BCUT2D eigenvalue weighted by Crippen LogP contribution is -2.24. The minimum absolute atomic E-state index is 0.807. The van der Waals surface area contributed by atoms with Crippen LogP contribution in [0.15, 0.2) is 60.2 Å². The molecule has 1 fully saturated rings. The Morgan fingerprint density at radius 1 is 1.11 bits per heavy atom. The van der Waals surface area contributed by atoms with E-state index in [1.165, 1.54) is 60.9 Å². The molecule has 144 valence electrons. The molecule has 1 aliphatic heterocycles. The van der Waals surface area contributed by atoms with E-state index in [2.05, 4.69) is 80.4 Å². The number of benzene rings is 2. The van der Waals surface area contributed by atoms with E-state index in [9.17, 15) is 0 Å². The summed E-state index contributed by atoms with van der Waals surface area (Å²) >= 11 is 0. The maximum Gasteiger partial charge on any atom is 0.00927 e. The Morgan fingerprint density at radius 3 is 2.67 bits per heavy atom. The highest BCUT2D eigenvalue weighted by Gasteiger charge is 2.20. The first-order valence-electron chi connectivity index (χ1n) is 10.6. The van der Waals surface area contributed by atoms with Crippen molar-refractivity contribution in [2.24, 2.45) is 0 Å². The number of hydrogen-bond donors (Lipinski definition) is 0. The fourth-order valence-electron chi connectivity index (χ4n) is 4.28. The van der Waals surface area contributed by atoms with Crippen LogP contribution in [-0.2, 0) is 12.8 Å². The van der Waals surface area contributed by atoms with Crippen LogP contribution in [0.25, 0.3) is 0 Å². The molecule has 27 heavy (non-hydrogen) atoms. The molecular weight excluding hydrogens is 326 g/mol.